The van der Waals surface area contributed by atoms with Crippen molar-refractivity contribution in [2.24, 2.45) is 5.73 Å². The molecule has 1 aliphatic heterocycles. The summed E-state index contributed by atoms with van der Waals surface area (Å²) in [5, 5.41) is 0. The lowest BCUT2D eigenvalue weighted by Gasteiger charge is -2.25. The zero-order valence-electron chi connectivity index (χ0n) is 13.2. The minimum Gasteiger partial charge on any atom is -0.323 e. The number of aryl methyl sites for hydroxylation is 2. The molecule has 3 heteroatoms. The lowest BCUT2D eigenvalue weighted by molar-refractivity contribution is 0.248. The molecule has 1 heterocycles. The summed E-state index contributed by atoms with van der Waals surface area (Å²) in [6, 6.07) is 6.68. The Morgan fingerprint density at radius 2 is 1.95 bits per heavy atom. The molecule has 2 rings (SSSR count). The van der Waals surface area contributed by atoms with Crippen molar-refractivity contribution in [1.82, 2.24) is 9.80 Å². The lowest BCUT2D eigenvalue weighted by atomic mass is 9.99. The Morgan fingerprint density at radius 3 is 2.60 bits per heavy atom. The second-order valence-electron chi connectivity index (χ2n) is 6.28. The predicted octanol–water partition coefficient (Wildman–Crippen LogP) is 2.33. The molecule has 1 saturated heterocycles. The molecule has 1 atom stereocenters. The second-order valence-corrected chi connectivity index (χ2v) is 6.28. The first-order valence-corrected chi connectivity index (χ1v) is 7.80. The van der Waals surface area contributed by atoms with Crippen LogP contribution < -0.4 is 5.73 Å². The van der Waals surface area contributed by atoms with Crippen LogP contribution in [0.15, 0.2) is 18.2 Å². The molecular weight excluding hydrogens is 246 g/mol. The molecule has 0 radical (unpaired) electrons. The minimum atomic E-state index is 0.110. The maximum atomic E-state index is 6.38. The molecule has 0 aromatic heterocycles. The molecule has 1 fully saturated rings. The Bertz CT molecular complexity index is 424. The van der Waals surface area contributed by atoms with Gasteiger partial charge in [-0.3, -0.25) is 0 Å². The number of hydrogen-bond donors (Lipinski definition) is 1. The average Bonchev–Trinajstić information content (AvgIpc) is 2.89. The fourth-order valence-electron chi connectivity index (χ4n) is 3.09. The van der Waals surface area contributed by atoms with E-state index in [9.17, 15) is 0 Å². The molecule has 0 saturated carbocycles. The molecule has 1 aromatic rings. The molecule has 0 bridgehead atoms. The SMILES string of the molecule is Cc1ccc(C(N)CN(C)CCN2CCCC2)c(C)c1. The number of nitrogens with two attached hydrogens (primary N) is 1. The highest BCUT2D eigenvalue weighted by Crippen LogP contribution is 2.18. The third-order valence-corrected chi connectivity index (χ3v) is 4.33. The number of likely N-dealkylation sites (tertiary alicyclic amines) is 1. The lowest BCUT2D eigenvalue weighted by Crippen LogP contribution is -2.35. The third-order valence-electron chi connectivity index (χ3n) is 4.33. The standard InChI is InChI=1S/C17H29N3/c1-14-6-7-16(15(2)12-14)17(18)13-19(3)10-11-20-8-4-5-9-20/h6-7,12,17H,4-5,8-11,13,18H2,1-3H3. The number of likely N-dealkylation sites (N-methyl/N-ethyl adjacent to an activating group) is 1. The molecule has 0 amide bonds. The summed E-state index contributed by atoms with van der Waals surface area (Å²) in [5.41, 5.74) is 10.3. The van der Waals surface area contributed by atoms with Crippen molar-refractivity contribution in [2.75, 3.05) is 39.8 Å². The third kappa shape index (κ3) is 4.30. The molecule has 1 aliphatic rings. The van der Waals surface area contributed by atoms with E-state index in [1.54, 1.807) is 0 Å². The van der Waals surface area contributed by atoms with Crippen molar-refractivity contribution in [1.29, 1.82) is 0 Å². The highest BCUT2D eigenvalue weighted by molar-refractivity contribution is 5.32. The Balaban J connectivity index is 1.81. The van der Waals surface area contributed by atoms with Gasteiger partial charge in [-0.15, -0.1) is 0 Å². The van der Waals surface area contributed by atoms with Crippen LogP contribution in [0.4, 0.5) is 0 Å². The second kappa shape index (κ2) is 7.21. The van der Waals surface area contributed by atoms with Crippen molar-refractivity contribution >= 4 is 0 Å². The predicted molar refractivity (Wildman–Crippen MR) is 86.0 cm³/mol. The first-order chi connectivity index (χ1) is 9.56. The monoisotopic (exact) mass is 275 g/mol. The van der Waals surface area contributed by atoms with Gasteiger partial charge in [-0.05, 0) is 58.0 Å². The summed E-state index contributed by atoms with van der Waals surface area (Å²) >= 11 is 0. The van der Waals surface area contributed by atoms with E-state index in [-0.39, 0.29) is 6.04 Å². The largest absolute Gasteiger partial charge is 0.323 e. The Morgan fingerprint density at radius 1 is 1.25 bits per heavy atom. The van der Waals surface area contributed by atoms with Gasteiger partial charge in [0, 0.05) is 25.7 Å². The van der Waals surface area contributed by atoms with Gasteiger partial charge < -0.3 is 15.5 Å². The molecule has 20 heavy (non-hydrogen) atoms. The molecule has 0 spiro atoms. The summed E-state index contributed by atoms with van der Waals surface area (Å²) in [7, 11) is 2.18. The summed E-state index contributed by atoms with van der Waals surface area (Å²) in [5.74, 6) is 0. The number of hydrogen-bond acceptors (Lipinski definition) is 3. The van der Waals surface area contributed by atoms with Crippen LogP contribution in [0.3, 0.4) is 0 Å². The zero-order valence-corrected chi connectivity index (χ0v) is 13.2. The van der Waals surface area contributed by atoms with E-state index in [0.29, 0.717) is 0 Å². The fraction of sp³-hybridized carbons (Fsp3) is 0.647. The van der Waals surface area contributed by atoms with Gasteiger partial charge in [0.25, 0.3) is 0 Å². The van der Waals surface area contributed by atoms with Gasteiger partial charge in [-0.25, -0.2) is 0 Å². The quantitative estimate of drug-likeness (QED) is 0.865. The molecule has 3 nitrogen and oxygen atoms in total. The van der Waals surface area contributed by atoms with E-state index in [4.69, 9.17) is 5.73 Å². The van der Waals surface area contributed by atoms with Gasteiger partial charge in [0.1, 0.15) is 0 Å². The molecule has 1 unspecified atom stereocenters. The van der Waals surface area contributed by atoms with Crippen LogP contribution in [-0.2, 0) is 0 Å². The smallest absolute Gasteiger partial charge is 0.0426 e. The van der Waals surface area contributed by atoms with Crippen LogP contribution in [0, 0.1) is 13.8 Å². The van der Waals surface area contributed by atoms with E-state index < -0.39 is 0 Å². The molecule has 2 N–H and O–H groups in total. The van der Waals surface area contributed by atoms with Gasteiger partial charge in [0.15, 0.2) is 0 Å². The van der Waals surface area contributed by atoms with Crippen LogP contribution >= 0.6 is 0 Å². The van der Waals surface area contributed by atoms with E-state index in [0.717, 1.165) is 13.1 Å². The summed E-state index contributed by atoms with van der Waals surface area (Å²) < 4.78 is 0. The maximum absolute atomic E-state index is 6.38. The van der Waals surface area contributed by atoms with E-state index >= 15 is 0 Å². The van der Waals surface area contributed by atoms with Crippen LogP contribution in [-0.4, -0.2) is 49.6 Å². The van der Waals surface area contributed by atoms with Crippen molar-refractivity contribution in [3.63, 3.8) is 0 Å². The number of rotatable bonds is 6. The minimum absolute atomic E-state index is 0.110. The Hall–Kier alpha value is -0.900. The van der Waals surface area contributed by atoms with E-state index in [1.807, 2.05) is 0 Å². The Kier molecular flexibility index (Phi) is 5.58. The van der Waals surface area contributed by atoms with Gasteiger partial charge in [0.05, 0.1) is 0 Å². The van der Waals surface area contributed by atoms with Crippen LogP contribution in [0.25, 0.3) is 0 Å². The Labute approximate surface area is 123 Å². The molecule has 1 aromatic carbocycles. The van der Waals surface area contributed by atoms with Crippen molar-refractivity contribution in [2.45, 2.75) is 32.7 Å². The van der Waals surface area contributed by atoms with Gasteiger partial charge in [-0.1, -0.05) is 23.8 Å². The topological polar surface area (TPSA) is 32.5 Å². The van der Waals surface area contributed by atoms with Crippen LogP contribution in [0.2, 0.25) is 0 Å². The molecule has 0 aliphatic carbocycles. The average molecular weight is 275 g/mol. The van der Waals surface area contributed by atoms with E-state index in [1.165, 1.54) is 49.2 Å². The summed E-state index contributed by atoms with van der Waals surface area (Å²) in [4.78, 5) is 4.92. The van der Waals surface area contributed by atoms with Crippen LogP contribution in [0.5, 0.6) is 0 Å². The molecular formula is C17H29N3. The highest BCUT2D eigenvalue weighted by atomic mass is 15.2. The fourth-order valence-corrected chi connectivity index (χ4v) is 3.09. The maximum Gasteiger partial charge on any atom is 0.0426 e. The zero-order chi connectivity index (χ0) is 14.5. The van der Waals surface area contributed by atoms with Gasteiger partial charge in [0.2, 0.25) is 0 Å². The van der Waals surface area contributed by atoms with Gasteiger partial charge >= 0.3 is 0 Å². The van der Waals surface area contributed by atoms with Crippen molar-refractivity contribution in [3.8, 4) is 0 Å². The number of benzene rings is 1. The first kappa shape index (κ1) is 15.5. The summed E-state index contributed by atoms with van der Waals surface area (Å²) in [6.45, 7) is 10.1. The summed E-state index contributed by atoms with van der Waals surface area (Å²) in [6.07, 6.45) is 2.73. The number of nitrogens with zero attached hydrogens (tertiary/aromatic N) is 2. The first-order valence-electron chi connectivity index (χ1n) is 7.80. The molecule has 112 valence electrons. The van der Waals surface area contributed by atoms with Crippen LogP contribution in [0.1, 0.15) is 35.6 Å². The van der Waals surface area contributed by atoms with Gasteiger partial charge in [-0.2, -0.15) is 0 Å². The van der Waals surface area contributed by atoms with Crippen molar-refractivity contribution < 1.29 is 0 Å². The normalized spacial score (nSPS) is 17.9. The van der Waals surface area contributed by atoms with Crippen molar-refractivity contribution in [3.05, 3.63) is 34.9 Å². The highest BCUT2D eigenvalue weighted by Gasteiger charge is 2.14. The van der Waals surface area contributed by atoms with E-state index in [2.05, 4.69) is 48.9 Å².